The molecule has 0 N–H and O–H groups in total. The second kappa shape index (κ2) is 7.17. The van der Waals surface area contributed by atoms with E-state index >= 15 is 0 Å². The smallest absolute Gasteiger partial charge is 0.306 e. The SMILES string of the molecule is COC(=O)CCN1CCN(C(=O)c2ccccc2F)CC1. The Bertz CT molecular complexity index is 513. The van der Waals surface area contributed by atoms with Crippen LogP contribution in [-0.2, 0) is 9.53 Å². The van der Waals surface area contributed by atoms with Crippen molar-refractivity contribution in [2.45, 2.75) is 6.42 Å². The number of ether oxygens (including phenoxy) is 1. The topological polar surface area (TPSA) is 49.9 Å². The maximum absolute atomic E-state index is 13.6. The molecule has 2 rings (SSSR count). The number of hydrogen-bond donors (Lipinski definition) is 0. The Morgan fingerprint density at radius 3 is 2.48 bits per heavy atom. The van der Waals surface area contributed by atoms with Crippen LogP contribution in [0, 0.1) is 5.82 Å². The minimum absolute atomic E-state index is 0.112. The van der Waals surface area contributed by atoms with E-state index in [1.54, 1.807) is 17.0 Å². The maximum atomic E-state index is 13.6. The number of rotatable bonds is 4. The van der Waals surface area contributed by atoms with E-state index < -0.39 is 5.82 Å². The highest BCUT2D eigenvalue weighted by atomic mass is 19.1. The Kier molecular flexibility index (Phi) is 5.27. The molecule has 0 bridgehead atoms. The molecule has 1 aromatic rings. The van der Waals surface area contributed by atoms with Gasteiger partial charge in [0.1, 0.15) is 5.82 Å². The summed E-state index contributed by atoms with van der Waals surface area (Å²) in [6.07, 6.45) is 0.345. The largest absolute Gasteiger partial charge is 0.469 e. The van der Waals surface area contributed by atoms with Gasteiger partial charge in [0.25, 0.3) is 5.91 Å². The molecule has 0 spiro atoms. The van der Waals surface area contributed by atoms with Crippen LogP contribution in [0.2, 0.25) is 0 Å². The fraction of sp³-hybridized carbons (Fsp3) is 0.467. The molecule has 6 heteroatoms. The Hall–Kier alpha value is -1.95. The number of esters is 1. The molecule has 1 fully saturated rings. The molecule has 114 valence electrons. The summed E-state index contributed by atoms with van der Waals surface area (Å²) in [7, 11) is 1.37. The zero-order chi connectivity index (χ0) is 15.2. The summed E-state index contributed by atoms with van der Waals surface area (Å²) < 4.78 is 18.2. The number of hydrogen-bond acceptors (Lipinski definition) is 4. The van der Waals surface area contributed by atoms with E-state index in [1.165, 1.54) is 19.2 Å². The minimum atomic E-state index is -0.490. The van der Waals surface area contributed by atoms with Crippen molar-refractivity contribution in [2.24, 2.45) is 0 Å². The van der Waals surface area contributed by atoms with Crippen LogP contribution in [0.1, 0.15) is 16.8 Å². The molecule has 0 saturated carbocycles. The van der Waals surface area contributed by atoms with Crippen molar-refractivity contribution in [3.63, 3.8) is 0 Å². The van der Waals surface area contributed by atoms with Crippen LogP contribution >= 0.6 is 0 Å². The molecule has 0 aliphatic carbocycles. The highest BCUT2D eigenvalue weighted by Gasteiger charge is 2.23. The summed E-state index contributed by atoms with van der Waals surface area (Å²) in [4.78, 5) is 27.1. The third-order valence-electron chi connectivity index (χ3n) is 3.62. The van der Waals surface area contributed by atoms with Crippen LogP contribution in [0.15, 0.2) is 24.3 Å². The van der Waals surface area contributed by atoms with Crippen molar-refractivity contribution in [2.75, 3.05) is 39.8 Å². The van der Waals surface area contributed by atoms with Gasteiger partial charge in [-0.1, -0.05) is 12.1 Å². The number of benzene rings is 1. The maximum Gasteiger partial charge on any atom is 0.306 e. The first-order valence-corrected chi connectivity index (χ1v) is 6.95. The zero-order valence-electron chi connectivity index (χ0n) is 12.0. The van der Waals surface area contributed by atoms with Gasteiger partial charge in [-0.15, -0.1) is 0 Å². The van der Waals surface area contributed by atoms with Crippen molar-refractivity contribution in [3.05, 3.63) is 35.6 Å². The molecule has 1 heterocycles. The molecule has 1 amide bonds. The fourth-order valence-corrected chi connectivity index (χ4v) is 2.33. The average Bonchev–Trinajstić information content (AvgIpc) is 2.53. The molecule has 1 aliphatic rings. The molecule has 1 saturated heterocycles. The fourth-order valence-electron chi connectivity index (χ4n) is 2.33. The standard InChI is InChI=1S/C15H19FN2O3/c1-21-14(19)6-7-17-8-10-18(11-9-17)15(20)12-4-2-3-5-13(12)16/h2-5H,6-11H2,1H3. The number of nitrogens with zero attached hydrogens (tertiary/aromatic N) is 2. The summed E-state index contributed by atoms with van der Waals surface area (Å²) in [5.41, 5.74) is 0.112. The number of amides is 1. The first kappa shape index (κ1) is 15.4. The van der Waals surface area contributed by atoms with Crippen molar-refractivity contribution in [3.8, 4) is 0 Å². The van der Waals surface area contributed by atoms with E-state index in [0.29, 0.717) is 39.1 Å². The van der Waals surface area contributed by atoms with Gasteiger partial charge in [-0.3, -0.25) is 14.5 Å². The zero-order valence-corrected chi connectivity index (χ0v) is 12.0. The minimum Gasteiger partial charge on any atom is -0.469 e. The Morgan fingerprint density at radius 2 is 1.86 bits per heavy atom. The molecule has 0 radical (unpaired) electrons. The third kappa shape index (κ3) is 4.01. The van der Waals surface area contributed by atoms with Gasteiger partial charge in [0.2, 0.25) is 0 Å². The summed E-state index contributed by atoms with van der Waals surface area (Å²) in [6.45, 7) is 3.05. The Morgan fingerprint density at radius 1 is 1.19 bits per heavy atom. The Balaban J connectivity index is 1.85. The van der Waals surface area contributed by atoms with Gasteiger partial charge >= 0.3 is 5.97 Å². The molecule has 1 aromatic carbocycles. The van der Waals surface area contributed by atoms with Crippen molar-refractivity contribution < 1.29 is 18.7 Å². The molecule has 0 unspecified atom stereocenters. The van der Waals surface area contributed by atoms with Crippen LogP contribution in [0.5, 0.6) is 0 Å². The first-order chi connectivity index (χ1) is 10.1. The van der Waals surface area contributed by atoms with Gasteiger partial charge in [0.05, 0.1) is 19.1 Å². The number of carbonyl (C=O) groups excluding carboxylic acids is 2. The van der Waals surface area contributed by atoms with Crippen LogP contribution in [0.25, 0.3) is 0 Å². The molecule has 1 aliphatic heterocycles. The summed E-state index contributed by atoms with van der Waals surface area (Å²) in [5, 5.41) is 0. The van der Waals surface area contributed by atoms with E-state index in [-0.39, 0.29) is 17.4 Å². The van der Waals surface area contributed by atoms with Gasteiger partial charge in [-0.05, 0) is 12.1 Å². The number of carbonyl (C=O) groups is 2. The summed E-state index contributed by atoms with van der Waals surface area (Å²) >= 11 is 0. The molecular weight excluding hydrogens is 275 g/mol. The van der Waals surface area contributed by atoms with Crippen LogP contribution < -0.4 is 0 Å². The summed E-state index contributed by atoms with van der Waals surface area (Å²) in [6, 6.07) is 6.01. The normalized spacial score (nSPS) is 15.8. The van der Waals surface area contributed by atoms with Crippen LogP contribution in [-0.4, -0.2) is 61.5 Å². The number of methoxy groups -OCH3 is 1. The molecule has 0 atom stereocenters. The number of piperazine rings is 1. The summed E-state index contributed by atoms with van der Waals surface area (Å²) in [5.74, 6) is -1.00. The van der Waals surface area contributed by atoms with Crippen molar-refractivity contribution >= 4 is 11.9 Å². The molecule has 0 aromatic heterocycles. The predicted octanol–water partition coefficient (Wildman–Crippen LogP) is 1.15. The predicted molar refractivity (Wildman–Crippen MR) is 75.4 cm³/mol. The lowest BCUT2D eigenvalue weighted by molar-refractivity contribution is -0.141. The van der Waals surface area contributed by atoms with Crippen molar-refractivity contribution in [1.82, 2.24) is 9.80 Å². The van der Waals surface area contributed by atoms with E-state index in [1.807, 2.05) is 0 Å². The van der Waals surface area contributed by atoms with Gasteiger partial charge in [0.15, 0.2) is 0 Å². The third-order valence-corrected chi connectivity index (χ3v) is 3.62. The van der Waals surface area contributed by atoms with E-state index in [2.05, 4.69) is 9.64 Å². The first-order valence-electron chi connectivity index (χ1n) is 6.95. The second-order valence-corrected chi connectivity index (χ2v) is 4.94. The van der Waals surface area contributed by atoms with E-state index in [4.69, 9.17) is 0 Å². The lowest BCUT2D eigenvalue weighted by atomic mass is 10.1. The molecular formula is C15H19FN2O3. The van der Waals surface area contributed by atoms with Crippen molar-refractivity contribution in [1.29, 1.82) is 0 Å². The Labute approximate surface area is 123 Å². The highest BCUT2D eigenvalue weighted by molar-refractivity contribution is 5.94. The van der Waals surface area contributed by atoms with E-state index in [9.17, 15) is 14.0 Å². The lowest BCUT2D eigenvalue weighted by Crippen LogP contribution is -2.49. The van der Waals surface area contributed by atoms with Gasteiger partial charge in [-0.2, -0.15) is 0 Å². The molecule has 5 nitrogen and oxygen atoms in total. The van der Waals surface area contributed by atoms with Gasteiger partial charge < -0.3 is 9.64 Å². The van der Waals surface area contributed by atoms with E-state index in [0.717, 1.165) is 0 Å². The quantitative estimate of drug-likeness (QED) is 0.782. The van der Waals surface area contributed by atoms with Crippen LogP contribution in [0.4, 0.5) is 4.39 Å². The lowest BCUT2D eigenvalue weighted by Gasteiger charge is -2.34. The van der Waals surface area contributed by atoms with Crippen LogP contribution in [0.3, 0.4) is 0 Å². The average molecular weight is 294 g/mol. The second-order valence-electron chi connectivity index (χ2n) is 4.94. The van der Waals surface area contributed by atoms with Gasteiger partial charge in [-0.25, -0.2) is 4.39 Å². The molecule has 21 heavy (non-hydrogen) atoms. The highest BCUT2D eigenvalue weighted by Crippen LogP contribution is 2.12. The monoisotopic (exact) mass is 294 g/mol. The van der Waals surface area contributed by atoms with Gasteiger partial charge in [0, 0.05) is 32.7 Å². The number of halogens is 1.